The molecular weight excluding hydrogens is 712 g/mol. The Kier molecular flexibility index (Phi) is 57.2. The molecule has 0 aliphatic carbocycles. The van der Waals surface area contributed by atoms with Crippen molar-refractivity contribution in [3.05, 3.63) is 26.2 Å². The molecule has 0 unspecified atom stereocenters. The molecule has 1 fully saturated rings. The topological polar surface area (TPSA) is 67.9 Å². The number of allylic oxidation sites excluding steroid dienone is 1. The first-order valence-electron chi connectivity index (χ1n) is 24.9. The number of piperidine rings is 1. The molecule has 0 bridgehead atoms. The third-order valence-electron chi connectivity index (χ3n) is 11.0. The maximum absolute atomic E-state index is 12.2. The summed E-state index contributed by atoms with van der Waals surface area (Å²) in [4.78, 5) is 24.4. The molecule has 7 heteroatoms. The molecule has 0 saturated carbocycles. The minimum Gasteiger partial charge on any atom is -0.529 e. The summed E-state index contributed by atoms with van der Waals surface area (Å²) in [5.74, 6) is 1.02. The molecule has 0 aromatic carbocycles. The number of ether oxygens (including phenoxy) is 2. The van der Waals surface area contributed by atoms with E-state index in [9.17, 15) is 9.59 Å². The Labute approximate surface area is 375 Å². The fourth-order valence-corrected chi connectivity index (χ4v) is 7.26. The predicted octanol–water partition coefficient (Wildman–Crippen LogP) is 12.1. The van der Waals surface area contributed by atoms with Crippen molar-refractivity contribution in [2.75, 3.05) is 32.8 Å². The van der Waals surface area contributed by atoms with Gasteiger partial charge in [-0.25, -0.2) is 0 Å². The third-order valence-corrected chi connectivity index (χ3v) is 11.0. The number of esters is 1. The van der Waals surface area contributed by atoms with E-state index >= 15 is 0 Å². The minimum absolute atomic E-state index is 0. The SMILES string of the molecule is C=C(CCCCCC[CH2-])OCCCCCCCCC.O=[C-]NCCN1CCCCC1.[CH2-]CCCCCCC(=O)OC(CCCCCCCC)CCCCCCCC.[Li+]. The van der Waals surface area contributed by atoms with Crippen molar-refractivity contribution in [3.63, 3.8) is 0 Å². The summed E-state index contributed by atoms with van der Waals surface area (Å²) in [6.45, 7) is 23.5. The van der Waals surface area contributed by atoms with Crippen LogP contribution in [0.2, 0.25) is 0 Å². The molecule has 0 radical (unpaired) electrons. The van der Waals surface area contributed by atoms with Crippen LogP contribution < -0.4 is 24.2 Å². The van der Waals surface area contributed by atoms with Crippen LogP contribution in [-0.2, 0) is 19.1 Å². The summed E-state index contributed by atoms with van der Waals surface area (Å²) in [6, 6.07) is 0. The molecule has 0 atom stereocenters. The zero-order valence-corrected chi connectivity index (χ0v) is 39.8. The first-order valence-corrected chi connectivity index (χ1v) is 24.9. The number of hydrogen-bond acceptors (Lipinski definition) is 5. The summed E-state index contributed by atoms with van der Waals surface area (Å²) < 4.78 is 11.5. The fourth-order valence-electron chi connectivity index (χ4n) is 7.26. The summed E-state index contributed by atoms with van der Waals surface area (Å²) >= 11 is 0. The van der Waals surface area contributed by atoms with E-state index in [0.717, 1.165) is 70.4 Å². The number of amides is 1. The van der Waals surface area contributed by atoms with E-state index in [4.69, 9.17) is 9.47 Å². The molecule has 1 rings (SSSR count). The summed E-state index contributed by atoms with van der Waals surface area (Å²) in [6.07, 6.45) is 46.2. The van der Waals surface area contributed by atoms with Gasteiger partial charge < -0.3 is 38.3 Å². The van der Waals surface area contributed by atoms with Crippen LogP contribution in [0.1, 0.15) is 252 Å². The second-order valence-corrected chi connectivity index (χ2v) is 16.7. The molecule has 0 aromatic heterocycles. The van der Waals surface area contributed by atoms with Crippen LogP contribution in [0.4, 0.5) is 0 Å². The Hall–Kier alpha value is -0.963. The zero-order valence-electron chi connectivity index (χ0n) is 39.8. The van der Waals surface area contributed by atoms with Crippen molar-refractivity contribution < 1.29 is 37.9 Å². The van der Waals surface area contributed by atoms with Crippen molar-refractivity contribution in [2.24, 2.45) is 0 Å². The molecule has 1 saturated heterocycles. The summed E-state index contributed by atoms with van der Waals surface area (Å²) in [5, 5.41) is 2.55. The van der Waals surface area contributed by atoms with Crippen LogP contribution >= 0.6 is 0 Å². The normalized spacial score (nSPS) is 12.4. The van der Waals surface area contributed by atoms with Crippen molar-refractivity contribution in [1.29, 1.82) is 0 Å². The van der Waals surface area contributed by atoms with Crippen LogP contribution in [-0.4, -0.2) is 56.2 Å². The van der Waals surface area contributed by atoms with Gasteiger partial charge in [0.05, 0.1) is 12.4 Å². The van der Waals surface area contributed by atoms with E-state index in [1.807, 2.05) is 0 Å². The van der Waals surface area contributed by atoms with Gasteiger partial charge in [0, 0.05) is 19.4 Å². The molecule has 0 aromatic rings. The summed E-state index contributed by atoms with van der Waals surface area (Å²) in [5.41, 5.74) is 0. The van der Waals surface area contributed by atoms with Gasteiger partial charge in [0.2, 0.25) is 0 Å². The average Bonchev–Trinajstić information content (AvgIpc) is 3.22. The van der Waals surface area contributed by atoms with Gasteiger partial charge in [0.25, 0.3) is 0 Å². The zero-order chi connectivity index (χ0) is 42.1. The number of hydrogen-bond donors (Lipinski definition) is 1. The summed E-state index contributed by atoms with van der Waals surface area (Å²) in [7, 11) is 0. The molecule has 1 aliphatic heterocycles. The van der Waals surface area contributed by atoms with Crippen molar-refractivity contribution in [3.8, 4) is 0 Å². The van der Waals surface area contributed by atoms with Crippen molar-refractivity contribution in [2.45, 2.75) is 258 Å². The number of rotatable bonds is 40. The van der Waals surface area contributed by atoms with Crippen LogP contribution in [0.25, 0.3) is 0 Å². The third kappa shape index (κ3) is 51.2. The number of unbranched alkanes of at least 4 members (excludes halogenated alkanes) is 24. The Morgan fingerprint density at radius 1 is 0.621 bits per heavy atom. The van der Waals surface area contributed by atoms with Gasteiger partial charge in [-0.2, -0.15) is 19.3 Å². The van der Waals surface area contributed by atoms with E-state index in [0.29, 0.717) is 6.42 Å². The molecule has 1 amide bonds. The van der Waals surface area contributed by atoms with Crippen LogP contribution in [0.3, 0.4) is 0 Å². The number of likely N-dealkylation sites (tertiary alicyclic amines) is 1. The van der Waals surface area contributed by atoms with Gasteiger partial charge in [0.1, 0.15) is 6.10 Å². The molecule has 1 heterocycles. The Morgan fingerprint density at radius 2 is 1.05 bits per heavy atom. The van der Waals surface area contributed by atoms with E-state index in [1.54, 1.807) is 6.41 Å². The van der Waals surface area contributed by atoms with Crippen LogP contribution in [0.5, 0.6) is 0 Å². The number of nitrogens with one attached hydrogen (secondary N) is 1. The van der Waals surface area contributed by atoms with Crippen molar-refractivity contribution in [1.82, 2.24) is 10.2 Å². The van der Waals surface area contributed by atoms with Gasteiger partial charge in [-0.3, -0.25) is 4.79 Å². The van der Waals surface area contributed by atoms with E-state index in [1.165, 1.54) is 193 Å². The second-order valence-electron chi connectivity index (χ2n) is 16.7. The molecule has 340 valence electrons. The van der Waals surface area contributed by atoms with Crippen LogP contribution in [0, 0.1) is 13.8 Å². The van der Waals surface area contributed by atoms with E-state index in [-0.39, 0.29) is 30.9 Å². The first kappa shape index (κ1) is 61.3. The number of carbonyl (C=O) groups excluding carboxylic acids is 2. The standard InChI is InChI=1S/C25H49O2.C18H35O.C8H15N2O.Li/c1-4-7-10-13-16-18-21-24(22-19-17-14-11-8-5-2)27-25(26)23-20-15-12-9-6-3;1-4-6-8-10-11-13-15-17-19-18(3)16-14-12-9-7-5-2;11-8-9-4-7-10-5-2-1-3-6-10;/h24H,3-23H2,1-2H3;2-17H2,1H3;1-7H2,(H,9,11);/q3*-1;+1. The predicted molar refractivity (Wildman–Crippen MR) is 249 cm³/mol. The largest absolute Gasteiger partial charge is 1.00 e. The quantitative estimate of drug-likeness (QED) is 0.0167. The minimum atomic E-state index is 0. The Morgan fingerprint density at radius 3 is 1.53 bits per heavy atom. The fraction of sp³-hybridized carbons (Fsp3) is 0.882. The van der Waals surface area contributed by atoms with Gasteiger partial charge in [-0.05, 0) is 77.4 Å². The number of nitrogens with zero attached hydrogens (tertiary/aromatic N) is 1. The second kappa shape index (κ2) is 54.1. The molecule has 1 N–H and O–H groups in total. The first-order chi connectivity index (χ1) is 28.0. The maximum Gasteiger partial charge on any atom is 1.00 e. The average molecular weight is 811 g/mol. The Bertz CT molecular complexity index is 791. The van der Waals surface area contributed by atoms with Gasteiger partial charge in [-0.1, -0.05) is 175 Å². The van der Waals surface area contributed by atoms with Gasteiger partial charge in [0.15, 0.2) is 0 Å². The maximum atomic E-state index is 12.2. The van der Waals surface area contributed by atoms with Gasteiger partial charge in [-0.15, -0.1) is 0 Å². The monoisotopic (exact) mass is 811 g/mol. The molecule has 58 heavy (non-hydrogen) atoms. The molecule has 0 spiro atoms. The van der Waals surface area contributed by atoms with Crippen molar-refractivity contribution >= 4 is 12.4 Å². The Balaban J connectivity index is -0.000000844. The number of carbonyl (C=O) groups is 1. The molecule has 6 nitrogen and oxygen atoms in total. The molecule has 1 aliphatic rings. The van der Waals surface area contributed by atoms with E-state index < -0.39 is 0 Å². The smallest absolute Gasteiger partial charge is 0.529 e. The molecular formula is C51H99LiN2O4-2. The van der Waals surface area contributed by atoms with Crippen LogP contribution in [0.15, 0.2) is 12.3 Å². The van der Waals surface area contributed by atoms with E-state index in [2.05, 4.69) is 51.4 Å². The van der Waals surface area contributed by atoms with Gasteiger partial charge >= 0.3 is 24.8 Å².